The summed E-state index contributed by atoms with van der Waals surface area (Å²) in [6.45, 7) is 9.36. The first-order valence-corrected chi connectivity index (χ1v) is 9.30. The minimum atomic E-state index is 0.839. The smallest absolute Gasteiger partial charge is 0.159 e. The molecule has 1 aliphatic rings. The zero-order chi connectivity index (χ0) is 18.1. The molecule has 3 heteroatoms. The molecule has 0 N–H and O–H groups in total. The molecule has 1 aliphatic heterocycles. The van der Waals surface area contributed by atoms with Gasteiger partial charge in [0.1, 0.15) is 0 Å². The molecular formula is C23H25N3. The predicted octanol–water partition coefficient (Wildman–Crippen LogP) is 4.63. The van der Waals surface area contributed by atoms with E-state index in [-0.39, 0.29) is 0 Å². The first-order chi connectivity index (χ1) is 12.6. The minimum Gasteiger partial charge on any atom is -0.294 e. The molecule has 0 radical (unpaired) electrons. The van der Waals surface area contributed by atoms with Crippen LogP contribution in [0.2, 0.25) is 0 Å². The lowest BCUT2D eigenvalue weighted by Crippen LogP contribution is -2.30. The van der Waals surface area contributed by atoms with Crippen LogP contribution in [-0.4, -0.2) is 21.4 Å². The van der Waals surface area contributed by atoms with Crippen molar-refractivity contribution in [1.82, 2.24) is 14.9 Å². The monoisotopic (exact) mass is 343 g/mol. The van der Waals surface area contributed by atoms with Gasteiger partial charge in [-0.1, -0.05) is 42.5 Å². The second-order valence-corrected chi connectivity index (χ2v) is 7.30. The Labute approximate surface area is 155 Å². The summed E-state index contributed by atoms with van der Waals surface area (Å²) < 4.78 is 0. The average Bonchev–Trinajstić information content (AvgIpc) is 2.64. The lowest BCUT2D eigenvalue weighted by atomic mass is 9.99. The SMILES string of the molecule is Cc1cccc(C)c1-c1ncc(CN2CCc3ccccc3C2)c(C)n1. The van der Waals surface area contributed by atoms with Gasteiger partial charge >= 0.3 is 0 Å². The first kappa shape index (κ1) is 16.9. The fourth-order valence-corrected chi connectivity index (χ4v) is 3.86. The molecule has 0 unspecified atom stereocenters. The van der Waals surface area contributed by atoms with Gasteiger partial charge in [-0.05, 0) is 49.4 Å². The van der Waals surface area contributed by atoms with Crippen molar-refractivity contribution >= 4 is 0 Å². The third-order valence-corrected chi connectivity index (χ3v) is 5.39. The van der Waals surface area contributed by atoms with Crippen LogP contribution in [0.1, 0.15) is 33.5 Å². The molecule has 0 amide bonds. The Morgan fingerprint density at radius 1 is 0.923 bits per heavy atom. The van der Waals surface area contributed by atoms with Crippen LogP contribution < -0.4 is 0 Å². The standard InChI is InChI=1S/C23H25N3/c1-16-7-6-8-17(2)22(16)23-24-13-21(18(3)25-23)15-26-12-11-19-9-4-5-10-20(19)14-26/h4-10,13H,11-12,14-15H2,1-3H3. The van der Waals surface area contributed by atoms with E-state index in [1.54, 1.807) is 0 Å². The molecule has 0 atom stereocenters. The van der Waals surface area contributed by atoms with Gasteiger partial charge in [0.05, 0.1) is 0 Å². The summed E-state index contributed by atoms with van der Waals surface area (Å²) in [7, 11) is 0. The van der Waals surface area contributed by atoms with Gasteiger partial charge in [0.15, 0.2) is 5.82 Å². The molecule has 2 heterocycles. The molecule has 0 saturated carbocycles. The molecule has 3 aromatic rings. The van der Waals surface area contributed by atoms with Crippen LogP contribution in [-0.2, 0) is 19.5 Å². The van der Waals surface area contributed by atoms with Crippen LogP contribution in [0, 0.1) is 20.8 Å². The van der Waals surface area contributed by atoms with Gasteiger partial charge in [-0.3, -0.25) is 4.90 Å². The number of benzene rings is 2. The Morgan fingerprint density at radius 3 is 2.38 bits per heavy atom. The van der Waals surface area contributed by atoms with Crippen molar-refractivity contribution in [2.75, 3.05) is 6.54 Å². The average molecular weight is 343 g/mol. The quantitative estimate of drug-likeness (QED) is 0.694. The molecule has 26 heavy (non-hydrogen) atoms. The summed E-state index contributed by atoms with van der Waals surface area (Å²) in [4.78, 5) is 12.0. The van der Waals surface area contributed by atoms with E-state index in [1.807, 2.05) is 6.20 Å². The maximum absolute atomic E-state index is 4.84. The maximum Gasteiger partial charge on any atom is 0.159 e. The molecule has 0 fully saturated rings. The van der Waals surface area contributed by atoms with Crippen LogP contribution >= 0.6 is 0 Å². The fourth-order valence-electron chi connectivity index (χ4n) is 3.86. The Hall–Kier alpha value is -2.52. The summed E-state index contributed by atoms with van der Waals surface area (Å²) >= 11 is 0. The van der Waals surface area contributed by atoms with E-state index in [0.29, 0.717) is 0 Å². The second-order valence-electron chi connectivity index (χ2n) is 7.30. The number of fused-ring (bicyclic) bond motifs is 1. The summed E-state index contributed by atoms with van der Waals surface area (Å²) in [5.41, 5.74) is 8.85. The normalized spacial score (nSPS) is 14.3. The van der Waals surface area contributed by atoms with Crippen molar-refractivity contribution in [1.29, 1.82) is 0 Å². The van der Waals surface area contributed by atoms with Crippen molar-refractivity contribution in [2.24, 2.45) is 0 Å². The first-order valence-electron chi connectivity index (χ1n) is 9.30. The molecule has 0 bridgehead atoms. The van der Waals surface area contributed by atoms with Crippen LogP contribution in [0.25, 0.3) is 11.4 Å². The molecule has 0 spiro atoms. The van der Waals surface area contributed by atoms with Gasteiger partial charge in [0.25, 0.3) is 0 Å². The van der Waals surface area contributed by atoms with Gasteiger partial charge in [-0.2, -0.15) is 0 Å². The van der Waals surface area contributed by atoms with Gasteiger partial charge in [-0.15, -0.1) is 0 Å². The van der Waals surface area contributed by atoms with Crippen molar-refractivity contribution in [3.05, 3.63) is 82.2 Å². The fraction of sp³-hybridized carbons (Fsp3) is 0.304. The zero-order valence-corrected chi connectivity index (χ0v) is 15.8. The molecule has 0 aliphatic carbocycles. The lowest BCUT2D eigenvalue weighted by molar-refractivity contribution is 0.244. The van der Waals surface area contributed by atoms with E-state index in [0.717, 1.165) is 43.1 Å². The third-order valence-electron chi connectivity index (χ3n) is 5.39. The summed E-state index contributed by atoms with van der Waals surface area (Å²) in [6.07, 6.45) is 3.14. The second kappa shape index (κ2) is 7.00. The van der Waals surface area contributed by atoms with E-state index in [4.69, 9.17) is 9.97 Å². The zero-order valence-electron chi connectivity index (χ0n) is 15.8. The number of aromatic nitrogens is 2. The number of hydrogen-bond acceptors (Lipinski definition) is 3. The lowest BCUT2D eigenvalue weighted by Gasteiger charge is -2.29. The highest BCUT2D eigenvalue weighted by molar-refractivity contribution is 5.64. The number of aryl methyl sites for hydroxylation is 3. The highest BCUT2D eigenvalue weighted by atomic mass is 15.1. The van der Waals surface area contributed by atoms with Crippen molar-refractivity contribution < 1.29 is 0 Å². The highest BCUT2D eigenvalue weighted by Gasteiger charge is 2.17. The van der Waals surface area contributed by atoms with E-state index >= 15 is 0 Å². The van der Waals surface area contributed by atoms with Gasteiger partial charge < -0.3 is 0 Å². The van der Waals surface area contributed by atoms with Gasteiger partial charge in [0, 0.05) is 42.7 Å². The molecule has 2 aromatic carbocycles. The topological polar surface area (TPSA) is 29.0 Å². The van der Waals surface area contributed by atoms with Crippen molar-refractivity contribution in [3.63, 3.8) is 0 Å². The molecule has 132 valence electrons. The van der Waals surface area contributed by atoms with Crippen LogP contribution in [0.3, 0.4) is 0 Å². The largest absolute Gasteiger partial charge is 0.294 e. The molecule has 4 rings (SSSR count). The van der Waals surface area contributed by atoms with E-state index < -0.39 is 0 Å². The van der Waals surface area contributed by atoms with Gasteiger partial charge in [0.2, 0.25) is 0 Å². The van der Waals surface area contributed by atoms with Crippen molar-refractivity contribution in [2.45, 2.75) is 40.3 Å². The summed E-state index contributed by atoms with van der Waals surface area (Å²) in [5, 5.41) is 0. The third kappa shape index (κ3) is 3.27. The molecular weight excluding hydrogens is 318 g/mol. The van der Waals surface area contributed by atoms with Crippen LogP contribution in [0.4, 0.5) is 0 Å². The Morgan fingerprint density at radius 2 is 1.65 bits per heavy atom. The maximum atomic E-state index is 4.84. The summed E-state index contributed by atoms with van der Waals surface area (Å²) in [5.74, 6) is 0.839. The van der Waals surface area contributed by atoms with Crippen molar-refractivity contribution in [3.8, 4) is 11.4 Å². The Balaban J connectivity index is 1.56. The predicted molar refractivity (Wildman–Crippen MR) is 106 cm³/mol. The van der Waals surface area contributed by atoms with Crippen LogP contribution in [0.15, 0.2) is 48.7 Å². The molecule has 0 saturated heterocycles. The summed E-state index contributed by atoms with van der Waals surface area (Å²) in [6, 6.07) is 15.1. The number of hydrogen-bond donors (Lipinski definition) is 0. The highest BCUT2D eigenvalue weighted by Crippen LogP contribution is 2.25. The number of rotatable bonds is 3. The molecule has 1 aromatic heterocycles. The van der Waals surface area contributed by atoms with Gasteiger partial charge in [-0.25, -0.2) is 9.97 Å². The molecule has 3 nitrogen and oxygen atoms in total. The van der Waals surface area contributed by atoms with Crippen LogP contribution in [0.5, 0.6) is 0 Å². The van der Waals surface area contributed by atoms with E-state index in [9.17, 15) is 0 Å². The van der Waals surface area contributed by atoms with E-state index in [1.165, 1.54) is 27.8 Å². The minimum absolute atomic E-state index is 0.839. The Bertz CT molecular complexity index is 926. The Kier molecular flexibility index (Phi) is 4.56. The number of nitrogens with zero attached hydrogens (tertiary/aromatic N) is 3. The van der Waals surface area contributed by atoms with E-state index in [2.05, 4.69) is 68.1 Å².